The molecule has 0 fully saturated rings. The van der Waals surface area contributed by atoms with Crippen LogP contribution in [0.1, 0.15) is 37.0 Å². The number of anilines is 1. The molecule has 0 amide bonds. The summed E-state index contributed by atoms with van der Waals surface area (Å²) in [5.74, 6) is 1.13. The van der Waals surface area contributed by atoms with Crippen LogP contribution in [0.5, 0.6) is 11.5 Å². The largest absolute Gasteiger partial charge is 0.456 e. The maximum absolute atomic E-state index is 13.6. The lowest BCUT2D eigenvalue weighted by Crippen LogP contribution is -2.33. The van der Waals surface area contributed by atoms with Crippen molar-refractivity contribution in [2.45, 2.75) is 25.9 Å². The lowest BCUT2D eigenvalue weighted by molar-refractivity contribution is -0.144. The predicted octanol–water partition coefficient (Wildman–Crippen LogP) is 6.78. The fraction of sp³-hybridized carbons (Fsp3) is 0.194. The minimum Gasteiger partial charge on any atom is -0.456 e. The van der Waals surface area contributed by atoms with Crippen LogP contribution in [0.15, 0.2) is 102 Å². The fourth-order valence-electron chi connectivity index (χ4n) is 5.53. The third kappa shape index (κ3) is 3.24. The van der Waals surface area contributed by atoms with Crippen molar-refractivity contribution < 1.29 is 14.3 Å². The molecule has 2 aliphatic heterocycles. The number of fused-ring (bicyclic) bond motifs is 5. The first-order chi connectivity index (χ1) is 17.2. The molecular weight excluding hydrogens is 434 g/mol. The zero-order chi connectivity index (χ0) is 24.0. The smallest absolute Gasteiger partial charge is 0.340 e. The lowest BCUT2D eigenvalue weighted by Gasteiger charge is -2.37. The van der Waals surface area contributed by atoms with Gasteiger partial charge in [-0.2, -0.15) is 0 Å². The Morgan fingerprint density at radius 2 is 1.60 bits per heavy atom. The zero-order valence-corrected chi connectivity index (χ0v) is 20.0. The monoisotopic (exact) mass is 461 g/mol. The van der Waals surface area contributed by atoms with Crippen LogP contribution >= 0.6 is 0 Å². The van der Waals surface area contributed by atoms with Crippen LogP contribution in [0.2, 0.25) is 0 Å². The maximum atomic E-state index is 13.6. The second-order valence-electron chi connectivity index (χ2n) is 9.00. The number of rotatable bonds is 4. The van der Waals surface area contributed by atoms with Crippen molar-refractivity contribution in [3.05, 3.63) is 118 Å². The van der Waals surface area contributed by atoms with Gasteiger partial charge in [0.1, 0.15) is 11.5 Å². The van der Waals surface area contributed by atoms with Gasteiger partial charge in [-0.15, -0.1) is 0 Å². The molecule has 3 aliphatic rings. The van der Waals surface area contributed by atoms with E-state index in [1.54, 1.807) is 0 Å². The van der Waals surface area contributed by atoms with Crippen LogP contribution in [-0.2, 0) is 15.1 Å². The third-order valence-corrected chi connectivity index (χ3v) is 7.13. The second-order valence-corrected chi connectivity index (χ2v) is 9.00. The van der Waals surface area contributed by atoms with Crippen LogP contribution in [0.3, 0.4) is 0 Å². The Kier molecular flexibility index (Phi) is 5.10. The molecule has 0 radical (unpaired) electrons. The second kappa shape index (κ2) is 8.31. The lowest BCUT2D eigenvalue weighted by atomic mass is 9.75. The minimum absolute atomic E-state index is 0.290. The number of hydrogen-bond acceptors (Lipinski definition) is 4. The maximum Gasteiger partial charge on any atom is 0.340 e. The van der Waals surface area contributed by atoms with Crippen molar-refractivity contribution in [2.75, 3.05) is 18.0 Å². The number of allylic oxidation sites excluding steroid dienone is 1. The Labute approximate surface area is 205 Å². The highest BCUT2D eigenvalue weighted by Crippen LogP contribution is 2.57. The number of benzene rings is 3. The van der Waals surface area contributed by atoms with Crippen LogP contribution in [0, 0.1) is 0 Å². The van der Waals surface area contributed by atoms with Gasteiger partial charge in [-0.1, -0.05) is 66.8 Å². The van der Waals surface area contributed by atoms with Gasteiger partial charge in [-0.25, -0.2) is 4.79 Å². The number of esters is 1. The first-order valence-electron chi connectivity index (χ1n) is 12.2. The summed E-state index contributed by atoms with van der Waals surface area (Å²) < 4.78 is 12.6. The highest BCUT2D eigenvalue weighted by Gasteiger charge is 2.54. The molecule has 6 rings (SSSR count). The summed E-state index contributed by atoms with van der Waals surface area (Å²) in [6.07, 6.45) is 6.99. The van der Waals surface area contributed by atoms with Crippen LogP contribution in [0.25, 0.3) is 6.08 Å². The average Bonchev–Trinajstić information content (AvgIpc) is 3.19. The standard InChI is InChI=1S/C31H27NO3/c1-3-32(4-2)23-13-9-11-21(20-23)19-22-12-10-16-26-29(22)30(33)35-31(26)24-14-5-7-17-27(24)34-28-18-8-6-15-25(28)31/h5-11,13-20H,3-4,12H2,1-2H3. The normalized spacial score (nSPS) is 18.1. The number of hydrogen-bond donors (Lipinski definition) is 0. The molecule has 0 bridgehead atoms. The number of para-hydroxylation sites is 2. The summed E-state index contributed by atoms with van der Waals surface area (Å²) in [4.78, 5) is 15.9. The van der Waals surface area contributed by atoms with E-state index in [0.717, 1.165) is 40.9 Å². The van der Waals surface area contributed by atoms with E-state index < -0.39 is 5.60 Å². The van der Waals surface area contributed by atoms with Crippen LogP contribution in [-0.4, -0.2) is 19.1 Å². The van der Waals surface area contributed by atoms with Crippen molar-refractivity contribution in [3.63, 3.8) is 0 Å². The summed E-state index contributed by atoms with van der Waals surface area (Å²) in [5, 5.41) is 0. The predicted molar refractivity (Wildman–Crippen MR) is 139 cm³/mol. The van der Waals surface area contributed by atoms with Crippen LogP contribution in [0.4, 0.5) is 5.69 Å². The van der Waals surface area contributed by atoms with Gasteiger partial charge in [-0.05, 0) is 55.7 Å². The average molecular weight is 462 g/mol. The van der Waals surface area contributed by atoms with E-state index in [2.05, 4.69) is 61.2 Å². The molecule has 0 N–H and O–H groups in total. The molecule has 0 saturated carbocycles. The Hall–Kier alpha value is -4.05. The molecule has 0 saturated heterocycles. The van der Waals surface area contributed by atoms with Gasteiger partial charge in [0.25, 0.3) is 0 Å². The van der Waals surface area contributed by atoms with Crippen molar-refractivity contribution in [1.29, 1.82) is 0 Å². The summed E-state index contributed by atoms with van der Waals surface area (Å²) in [6, 6.07) is 24.2. The summed E-state index contributed by atoms with van der Waals surface area (Å²) in [5.41, 5.74) is 5.46. The molecule has 0 aromatic heterocycles. The van der Waals surface area contributed by atoms with E-state index in [4.69, 9.17) is 9.47 Å². The first-order valence-corrected chi connectivity index (χ1v) is 12.2. The zero-order valence-electron chi connectivity index (χ0n) is 20.0. The molecule has 1 aliphatic carbocycles. The number of nitrogens with zero attached hydrogens (tertiary/aromatic N) is 1. The van der Waals surface area contributed by atoms with Gasteiger partial charge in [-0.3, -0.25) is 0 Å². The molecule has 35 heavy (non-hydrogen) atoms. The molecule has 174 valence electrons. The van der Waals surface area contributed by atoms with Crippen LogP contribution < -0.4 is 9.64 Å². The Morgan fingerprint density at radius 1 is 0.914 bits per heavy atom. The summed E-state index contributed by atoms with van der Waals surface area (Å²) in [6.45, 7) is 6.22. The molecule has 1 spiro atoms. The Morgan fingerprint density at radius 3 is 2.29 bits per heavy atom. The highest BCUT2D eigenvalue weighted by atomic mass is 16.6. The summed E-state index contributed by atoms with van der Waals surface area (Å²) >= 11 is 0. The molecule has 0 unspecified atom stereocenters. The van der Waals surface area contributed by atoms with Crippen molar-refractivity contribution >= 4 is 17.7 Å². The highest BCUT2D eigenvalue weighted by molar-refractivity contribution is 6.02. The molecule has 4 nitrogen and oxygen atoms in total. The SMILES string of the molecule is CCN(CC)c1cccc(C=C2CC=CC3=C2C(=O)OC32c3ccccc3Oc3ccccc32)c1. The van der Waals surface area contributed by atoms with Gasteiger partial charge in [0.05, 0.1) is 5.57 Å². The number of carbonyl (C=O) groups excluding carboxylic acids is 1. The first kappa shape index (κ1) is 21.5. The van der Waals surface area contributed by atoms with E-state index in [9.17, 15) is 4.79 Å². The minimum atomic E-state index is -1.02. The molecule has 3 aromatic carbocycles. The summed E-state index contributed by atoms with van der Waals surface area (Å²) in [7, 11) is 0. The molecule has 0 atom stereocenters. The molecular formula is C31H27NO3. The van der Waals surface area contributed by atoms with Gasteiger partial charge in [0.2, 0.25) is 0 Å². The van der Waals surface area contributed by atoms with E-state index in [-0.39, 0.29) is 5.97 Å². The van der Waals surface area contributed by atoms with Crippen molar-refractivity contribution in [1.82, 2.24) is 0 Å². The number of carbonyl (C=O) groups is 1. The van der Waals surface area contributed by atoms with E-state index >= 15 is 0 Å². The van der Waals surface area contributed by atoms with Gasteiger partial charge in [0.15, 0.2) is 5.60 Å². The number of ether oxygens (including phenoxy) is 2. The molecule has 4 heteroatoms. The van der Waals surface area contributed by atoms with Gasteiger partial charge in [0, 0.05) is 35.5 Å². The molecule has 3 aromatic rings. The topological polar surface area (TPSA) is 38.8 Å². The molecule has 2 heterocycles. The van der Waals surface area contributed by atoms with Gasteiger partial charge < -0.3 is 14.4 Å². The van der Waals surface area contributed by atoms with Crippen molar-refractivity contribution in [2.24, 2.45) is 0 Å². The van der Waals surface area contributed by atoms with E-state index in [0.29, 0.717) is 23.5 Å². The Bertz CT molecular complexity index is 1380. The quantitative estimate of drug-likeness (QED) is 0.402. The van der Waals surface area contributed by atoms with Crippen molar-refractivity contribution in [3.8, 4) is 11.5 Å². The Balaban J connectivity index is 1.53. The van der Waals surface area contributed by atoms with E-state index in [1.807, 2.05) is 48.5 Å². The van der Waals surface area contributed by atoms with E-state index in [1.165, 1.54) is 5.69 Å². The van der Waals surface area contributed by atoms with Gasteiger partial charge >= 0.3 is 5.97 Å². The fourth-order valence-corrected chi connectivity index (χ4v) is 5.53. The third-order valence-electron chi connectivity index (χ3n) is 7.13.